The number of ketones is 1. The monoisotopic (exact) mass is 347 g/mol. The number of rotatable bonds is 8. The van der Waals surface area contributed by atoms with Crippen LogP contribution in [0.3, 0.4) is 0 Å². The molecule has 0 bridgehead atoms. The Bertz CT molecular complexity index is 655. The summed E-state index contributed by atoms with van der Waals surface area (Å²) in [5.74, 6) is -0.247. The Labute approximate surface area is 148 Å². The van der Waals surface area contributed by atoms with E-state index in [1.54, 1.807) is 18.2 Å². The Balaban J connectivity index is 2.38. The largest absolute Gasteiger partial charge is 0.482 e. The van der Waals surface area contributed by atoms with E-state index < -0.39 is 12.0 Å². The smallest absolute Gasteiger partial charge is 0.329 e. The average molecular weight is 347 g/mol. The number of nitrogens with zero attached hydrogens (tertiary/aromatic N) is 1. The van der Waals surface area contributed by atoms with Gasteiger partial charge in [0.05, 0.1) is 12.3 Å². The van der Waals surface area contributed by atoms with Crippen LogP contribution in [0.15, 0.2) is 18.2 Å². The summed E-state index contributed by atoms with van der Waals surface area (Å²) in [6, 6.07) is 4.29. The average Bonchev–Trinajstić information content (AvgIpc) is 2.62. The normalized spacial score (nSPS) is 14.5. The van der Waals surface area contributed by atoms with E-state index in [0.717, 1.165) is 6.42 Å². The maximum absolute atomic E-state index is 12.5. The van der Waals surface area contributed by atoms with Gasteiger partial charge in [-0.05, 0) is 37.5 Å². The van der Waals surface area contributed by atoms with Gasteiger partial charge in [-0.15, -0.1) is 0 Å². The fourth-order valence-electron chi connectivity index (χ4n) is 2.81. The van der Waals surface area contributed by atoms with Crippen molar-refractivity contribution >= 4 is 23.3 Å². The van der Waals surface area contributed by atoms with Gasteiger partial charge in [0.15, 0.2) is 12.4 Å². The van der Waals surface area contributed by atoms with E-state index in [9.17, 15) is 14.4 Å². The van der Waals surface area contributed by atoms with E-state index in [2.05, 4.69) is 0 Å². The SMILES string of the molecule is CCCOC(=O)C(CC)N1C(=O)COc2ccc(C(=O)CCC)cc21. The molecule has 0 spiro atoms. The first-order chi connectivity index (χ1) is 12.0. The summed E-state index contributed by atoms with van der Waals surface area (Å²) in [6.07, 6.45) is 2.31. The number of carbonyl (C=O) groups is 3. The molecule has 1 amide bonds. The van der Waals surface area contributed by atoms with Gasteiger partial charge in [0.1, 0.15) is 11.8 Å². The highest BCUT2D eigenvalue weighted by Crippen LogP contribution is 2.35. The van der Waals surface area contributed by atoms with Crippen molar-refractivity contribution in [3.63, 3.8) is 0 Å². The lowest BCUT2D eigenvalue weighted by molar-refractivity contribution is -0.146. The molecule has 1 atom stereocenters. The molecule has 0 radical (unpaired) electrons. The highest BCUT2D eigenvalue weighted by Gasteiger charge is 2.36. The zero-order valence-corrected chi connectivity index (χ0v) is 15.0. The van der Waals surface area contributed by atoms with Crippen molar-refractivity contribution in [2.75, 3.05) is 18.1 Å². The second-order valence-corrected chi connectivity index (χ2v) is 6.00. The third kappa shape index (κ3) is 4.18. The topological polar surface area (TPSA) is 72.9 Å². The summed E-state index contributed by atoms with van der Waals surface area (Å²) < 4.78 is 10.7. The van der Waals surface area contributed by atoms with Crippen LogP contribution in [0.25, 0.3) is 0 Å². The third-order valence-electron chi connectivity index (χ3n) is 4.06. The zero-order valence-electron chi connectivity index (χ0n) is 15.0. The molecule has 2 rings (SSSR count). The van der Waals surface area contributed by atoms with Crippen LogP contribution < -0.4 is 9.64 Å². The van der Waals surface area contributed by atoms with Gasteiger partial charge < -0.3 is 9.47 Å². The van der Waals surface area contributed by atoms with Crippen molar-refractivity contribution in [2.45, 2.75) is 52.5 Å². The fraction of sp³-hybridized carbons (Fsp3) is 0.526. The summed E-state index contributed by atoms with van der Waals surface area (Å²) in [4.78, 5) is 38.4. The molecule has 1 aliphatic heterocycles. The number of anilines is 1. The van der Waals surface area contributed by atoms with Crippen molar-refractivity contribution in [2.24, 2.45) is 0 Å². The van der Waals surface area contributed by atoms with Crippen LogP contribution in [0.4, 0.5) is 5.69 Å². The number of benzene rings is 1. The second-order valence-electron chi connectivity index (χ2n) is 6.00. The quantitative estimate of drug-likeness (QED) is 0.534. The number of hydrogen-bond donors (Lipinski definition) is 0. The van der Waals surface area contributed by atoms with Gasteiger partial charge in [-0.3, -0.25) is 14.5 Å². The predicted octanol–water partition coefficient (Wildman–Crippen LogP) is 3.13. The molecule has 0 aromatic heterocycles. The van der Waals surface area contributed by atoms with Crippen LogP contribution in [0.2, 0.25) is 0 Å². The molecule has 1 aromatic carbocycles. The number of ether oxygens (including phenoxy) is 2. The van der Waals surface area contributed by atoms with Crippen molar-refractivity contribution in [1.29, 1.82) is 0 Å². The van der Waals surface area contributed by atoms with Gasteiger partial charge in [-0.25, -0.2) is 4.79 Å². The number of hydrogen-bond acceptors (Lipinski definition) is 5. The lowest BCUT2D eigenvalue weighted by Gasteiger charge is -2.34. The van der Waals surface area contributed by atoms with Crippen LogP contribution in [0.5, 0.6) is 5.75 Å². The van der Waals surface area contributed by atoms with Gasteiger partial charge in [0, 0.05) is 12.0 Å². The molecule has 0 fully saturated rings. The van der Waals surface area contributed by atoms with Crippen molar-refractivity contribution in [3.8, 4) is 5.75 Å². The van der Waals surface area contributed by atoms with Crippen LogP contribution >= 0.6 is 0 Å². The first kappa shape index (κ1) is 19.0. The number of amides is 1. The molecule has 0 saturated heterocycles. The molecule has 6 nitrogen and oxygen atoms in total. The molecule has 25 heavy (non-hydrogen) atoms. The Morgan fingerprint density at radius 2 is 2.00 bits per heavy atom. The van der Waals surface area contributed by atoms with E-state index in [1.165, 1.54) is 4.90 Å². The van der Waals surface area contributed by atoms with E-state index in [-0.39, 0.29) is 18.3 Å². The molecule has 0 saturated carbocycles. The second kappa shape index (κ2) is 8.65. The molecular formula is C19H25NO5. The van der Waals surface area contributed by atoms with E-state index >= 15 is 0 Å². The lowest BCUT2D eigenvalue weighted by atomic mass is 10.0. The van der Waals surface area contributed by atoms with Crippen molar-refractivity contribution in [3.05, 3.63) is 23.8 Å². The van der Waals surface area contributed by atoms with Gasteiger partial charge in [0.25, 0.3) is 5.91 Å². The van der Waals surface area contributed by atoms with Gasteiger partial charge >= 0.3 is 5.97 Å². The molecule has 136 valence electrons. The summed E-state index contributed by atoms with van der Waals surface area (Å²) >= 11 is 0. The minimum Gasteiger partial charge on any atom is -0.482 e. The van der Waals surface area contributed by atoms with Gasteiger partial charge in [0.2, 0.25) is 0 Å². The summed E-state index contributed by atoms with van der Waals surface area (Å²) in [5, 5.41) is 0. The molecule has 1 aliphatic rings. The van der Waals surface area contributed by atoms with E-state index in [4.69, 9.17) is 9.47 Å². The molecular weight excluding hydrogens is 322 g/mol. The first-order valence-electron chi connectivity index (χ1n) is 8.82. The minimum absolute atomic E-state index is 0.00452. The molecule has 0 N–H and O–H groups in total. The Morgan fingerprint density at radius 1 is 1.24 bits per heavy atom. The first-order valence-corrected chi connectivity index (χ1v) is 8.82. The lowest BCUT2D eigenvalue weighted by Crippen LogP contribution is -2.50. The number of carbonyl (C=O) groups excluding carboxylic acids is 3. The molecule has 1 aromatic rings. The Hall–Kier alpha value is -2.37. The maximum atomic E-state index is 12.5. The van der Waals surface area contributed by atoms with E-state index in [0.29, 0.717) is 42.9 Å². The third-order valence-corrected chi connectivity index (χ3v) is 4.06. The fourth-order valence-corrected chi connectivity index (χ4v) is 2.81. The number of Topliss-reactive ketones (excluding diaryl/α,β-unsaturated/α-hetero) is 1. The summed E-state index contributed by atoms with van der Waals surface area (Å²) in [7, 11) is 0. The standard InChI is InChI=1S/C19H25NO5/c1-4-7-16(21)13-8-9-17-15(11-13)20(18(22)12-25-17)14(6-3)19(23)24-10-5-2/h8-9,11,14H,4-7,10,12H2,1-3H3. The van der Waals surface area contributed by atoms with Crippen molar-refractivity contribution in [1.82, 2.24) is 0 Å². The van der Waals surface area contributed by atoms with Crippen LogP contribution in [-0.2, 0) is 14.3 Å². The summed E-state index contributed by atoms with van der Waals surface area (Å²) in [5.41, 5.74) is 0.971. The van der Waals surface area contributed by atoms with Crippen molar-refractivity contribution < 1.29 is 23.9 Å². The van der Waals surface area contributed by atoms with Crippen LogP contribution in [0, 0.1) is 0 Å². The minimum atomic E-state index is -0.724. The molecule has 0 aliphatic carbocycles. The van der Waals surface area contributed by atoms with Crippen LogP contribution in [0.1, 0.15) is 56.8 Å². The summed E-state index contributed by atoms with van der Waals surface area (Å²) in [6.45, 7) is 5.86. The van der Waals surface area contributed by atoms with E-state index in [1.807, 2.05) is 20.8 Å². The molecule has 6 heteroatoms. The van der Waals surface area contributed by atoms with Gasteiger partial charge in [-0.2, -0.15) is 0 Å². The van der Waals surface area contributed by atoms with Crippen LogP contribution in [-0.4, -0.2) is 36.9 Å². The Morgan fingerprint density at radius 3 is 2.64 bits per heavy atom. The highest BCUT2D eigenvalue weighted by atomic mass is 16.5. The number of fused-ring (bicyclic) bond motifs is 1. The maximum Gasteiger partial charge on any atom is 0.329 e. The Kier molecular flexibility index (Phi) is 6.56. The number of esters is 1. The highest BCUT2D eigenvalue weighted by molar-refractivity contribution is 6.05. The van der Waals surface area contributed by atoms with Gasteiger partial charge in [-0.1, -0.05) is 20.8 Å². The molecule has 1 heterocycles. The predicted molar refractivity (Wildman–Crippen MR) is 94.0 cm³/mol. The molecule has 1 unspecified atom stereocenters. The zero-order chi connectivity index (χ0) is 18.4.